The fourth-order valence-electron chi connectivity index (χ4n) is 4.20. The fraction of sp³-hybridized carbons (Fsp3) is 0.370. The average Bonchev–Trinajstić information content (AvgIpc) is 3.29. The molecule has 1 aromatic heterocycles. The van der Waals surface area contributed by atoms with Crippen LogP contribution in [0.2, 0.25) is 0 Å². The van der Waals surface area contributed by atoms with Gasteiger partial charge in [0.2, 0.25) is 15.9 Å². The molecule has 0 saturated heterocycles. The van der Waals surface area contributed by atoms with E-state index < -0.39 is 10.0 Å². The van der Waals surface area contributed by atoms with Gasteiger partial charge in [0.05, 0.1) is 18.0 Å². The highest BCUT2D eigenvalue weighted by Gasteiger charge is 2.31. The first kappa shape index (κ1) is 26.1. The Balaban J connectivity index is 1.91. The number of rotatable bonds is 11. The van der Waals surface area contributed by atoms with Gasteiger partial charge in [-0.25, -0.2) is 8.42 Å². The minimum absolute atomic E-state index is 0.173. The lowest BCUT2D eigenvalue weighted by Crippen LogP contribution is -2.43. The molecule has 0 saturated carbocycles. The first-order valence-electron chi connectivity index (χ1n) is 11.6. The summed E-state index contributed by atoms with van der Waals surface area (Å²) in [5.41, 5.74) is 3.47. The molecule has 2 aromatic carbocycles. The van der Waals surface area contributed by atoms with Gasteiger partial charge in [0.15, 0.2) is 0 Å². The van der Waals surface area contributed by atoms with Gasteiger partial charge in [0.25, 0.3) is 0 Å². The smallest absolute Gasteiger partial charge is 0.244 e. The number of amides is 1. The molecule has 0 N–H and O–H groups in total. The van der Waals surface area contributed by atoms with E-state index in [9.17, 15) is 13.2 Å². The van der Waals surface area contributed by atoms with Crippen LogP contribution in [0.15, 0.2) is 64.9 Å². The molecule has 5 nitrogen and oxygen atoms in total. The van der Waals surface area contributed by atoms with Crippen LogP contribution in [0.3, 0.4) is 0 Å². The number of carbonyl (C=O) groups is 1. The molecule has 0 radical (unpaired) electrons. The zero-order valence-corrected chi connectivity index (χ0v) is 22.1. The van der Waals surface area contributed by atoms with Crippen molar-refractivity contribution in [1.29, 1.82) is 0 Å². The summed E-state index contributed by atoms with van der Waals surface area (Å²) >= 11 is 1.59. The fourth-order valence-corrected chi connectivity index (χ4v) is 6.76. The van der Waals surface area contributed by atoms with Gasteiger partial charge in [0.1, 0.15) is 0 Å². The molecule has 0 unspecified atom stereocenters. The summed E-state index contributed by atoms with van der Waals surface area (Å²) in [7, 11) is -3.83. The Hall–Kier alpha value is -2.48. The standard InChI is InChI=1S/C27H34N2O3S2/c1-5-6-14-29(34(31,32)27-22(3)16-21(2)17-23(27)4)20-26(30)28(19-25-13-10-15-33-25)18-24-11-8-7-9-12-24/h7-13,15-17H,5-6,14,18-20H2,1-4H3. The van der Waals surface area contributed by atoms with Crippen LogP contribution in [-0.4, -0.2) is 36.6 Å². The summed E-state index contributed by atoms with van der Waals surface area (Å²) in [4.78, 5) is 16.7. The van der Waals surface area contributed by atoms with E-state index >= 15 is 0 Å². The number of thiophene rings is 1. The lowest BCUT2D eigenvalue weighted by Gasteiger charge is -2.28. The first-order chi connectivity index (χ1) is 16.2. The minimum Gasteiger partial charge on any atom is -0.332 e. The molecule has 182 valence electrons. The summed E-state index contributed by atoms with van der Waals surface area (Å²) in [5, 5.41) is 1.99. The maximum absolute atomic E-state index is 13.8. The number of unbranched alkanes of at least 4 members (excludes halogenated alkanes) is 1. The molecule has 0 aliphatic rings. The first-order valence-corrected chi connectivity index (χ1v) is 14.0. The second-order valence-corrected chi connectivity index (χ2v) is 11.6. The van der Waals surface area contributed by atoms with Crippen molar-refractivity contribution in [2.75, 3.05) is 13.1 Å². The lowest BCUT2D eigenvalue weighted by molar-refractivity contribution is -0.132. The Morgan fingerprint density at radius 3 is 2.21 bits per heavy atom. The van der Waals surface area contributed by atoms with E-state index in [4.69, 9.17) is 0 Å². The summed E-state index contributed by atoms with van der Waals surface area (Å²) in [5.74, 6) is -0.195. The van der Waals surface area contributed by atoms with Crippen molar-refractivity contribution in [3.05, 3.63) is 87.1 Å². The second kappa shape index (κ2) is 11.8. The van der Waals surface area contributed by atoms with E-state index in [1.165, 1.54) is 4.31 Å². The zero-order valence-electron chi connectivity index (χ0n) is 20.5. The van der Waals surface area contributed by atoms with Gasteiger partial charge >= 0.3 is 0 Å². The third-order valence-electron chi connectivity index (χ3n) is 5.77. The zero-order chi connectivity index (χ0) is 24.7. The van der Waals surface area contributed by atoms with Crippen LogP contribution in [0, 0.1) is 20.8 Å². The van der Waals surface area contributed by atoms with Crippen LogP contribution in [0.25, 0.3) is 0 Å². The number of hydrogen-bond donors (Lipinski definition) is 0. The Kier molecular flexibility index (Phi) is 9.05. The van der Waals surface area contributed by atoms with E-state index in [2.05, 4.69) is 0 Å². The van der Waals surface area contributed by atoms with Gasteiger partial charge in [0, 0.05) is 18.0 Å². The predicted molar refractivity (Wildman–Crippen MR) is 139 cm³/mol. The van der Waals surface area contributed by atoms with Gasteiger partial charge in [-0.3, -0.25) is 4.79 Å². The molecule has 0 spiro atoms. The van der Waals surface area contributed by atoms with Gasteiger partial charge in [-0.05, 0) is 55.3 Å². The van der Waals surface area contributed by atoms with Crippen LogP contribution >= 0.6 is 11.3 Å². The van der Waals surface area contributed by atoms with Crippen molar-refractivity contribution in [3.8, 4) is 0 Å². The third-order valence-corrected chi connectivity index (χ3v) is 8.78. The highest BCUT2D eigenvalue weighted by atomic mass is 32.2. The van der Waals surface area contributed by atoms with Gasteiger partial charge in [-0.2, -0.15) is 4.31 Å². The number of benzene rings is 2. The monoisotopic (exact) mass is 498 g/mol. The van der Waals surface area contributed by atoms with Gasteiger partial charge in [-0.15, -0.1) is 11.3 Å². The second-order valence-electron chi connectivity index (χ2n) is 8.73. The van der Waals surface area contributed by atoms with E-state index in [-0.39, 0.29) is 12.5 Å². The Morgan fingerprint density at radius 2 is 1.62 bits per heavy atom. The molecule has 1 heterocycles. The predicted octanol–water partition coefficient (Wildman–Crippen LogP) is 5.69. The molecule has 3 rings (SSSR count). The molecule has 0 aliphatic heterocycles. The highest BCUT2D eigenvalue weighted by Crippen LogP contribution is 2.26. The average molecular weight is 499 g/mol. The molecule has 1 amide bonds. The van der Waals surface area contributed by atoms with E-state index in [1.54, 1.807) is 16.2 Å². The Labute approximate surface area is 208 Å². The summed E-state index contributed by atoms with van der Waals surface area (Å²) in [6.45, 7) is 8.66. The van der Waals surface area contributed by atoms with E-state index in [0.717, 1.165) is 22.4 Å². The molecule has 0 aliphatic carbocycles. The van der Waals surface area contributed by atoms with E-state index in [1.807, 2.05) is 87.7 Å². The van der Waals surface area contributed by atoms with Crippen molar-refractivity contribution in [2.45, 2.75) is 58.5 Å². The van der Waals surface area contributed by atoms with Crippen LogP contribution in [0.4, 0.5) is 0 Å². The van der Waals surface area contributed by atoms with Crippen molar-refractivity contribution in [1.82, 2.24) is 9.21 Å². The lowest BCUT2D eigenvalue weighted by atomic mass is 10.1. The summed E-state index contributed by atoms with van der Waals surface area (Å²) in [6.07, 6.45) is 1.54. The van der Waals surface area contributed by atoms with Crippen molar-refractivity contribution < 1.29 is 13.2 Å². The minimum atomic E-state index is -3.83. The molecule has 0 atom stereocenters. The molecule has 34 heavy (non-hydrogen) atoms. The highest BCUT2D eigenvalue weighted by molar-refractivity contribution is 7.89. The number of sulfonamides is 1. The Morgan fingerprint density at radius 1 is 0.941 bits per heavy atom. The normalized spacial score (nSPS) is 11.7. The van der Waals surface area contributed by atoms with Crippen molar-refractivity contribution in [2.24, 2.45) is 0 Å². The van der Waals surface area contributed by atoms with Crippen LogP contribution < -0.4 is 0 Å². The molecular formula is C27H34N2O3S2. The van der Waals surface area contributed by atoms with Crippen molar-refractivity contribution in [3.63, 3.8) is 0 Å². The largest absolute Gasteiger partial charge is 0.332 e. The Bertz CT molecular complexity index is 1170. The van der Waals surface area contributed by atoms with E-state index in [0.29, 0.717) is 42.1 Å². The van der Waals surface area contributed by atoms with Crippen LogP contribution in [0.1, 0.15) is 46.9 Å². The quantitative estimate of drug-likeness (QED) is 0.341. The van der Waals surface area contributed by atoms with Gasteiger partial charge < -0.3 is 4.90 Å². The maximum atomic E-state index is 13.8. The molecule has 0 fully saturated rings. The van der Waals surface area contributed by atoms with Gasteiger partial charge in [-0.1, -0.05) is 67.4 Å². The van der Waals surface area contributed by atoms with Crippen LogP contribution in [0.5, 0.6) is 0 Å². The molecule has 0 bridgehead atoms. The SMILES string of the molecule is CCCCN(CC(=O)N(Cc1ccccc1)Cc1cccs1)S(=O)(=O)c1c(C)cc(C)cc1C. The maximum Gasteiger partial charge on any atom is 0.244 e. The number of carbonyl (C=O) groups excluding carboxylic acids is 1. The number of hydrogen-bond acceptors (Lipinski definition) is 4. The summed E-state index contributed by atoms with van der Waals surface area (Å²) in [6, 6.07) is 17.6. The molecular weight excluding hydrogens is 464 g/mol. The number of nitrogens with zero attached hydrogens (tertiary/aromatic N) is 2. The molecule has 7 heteroatoms. The van der Waals surface area contributed by atoms with Crippen molar-refractivity contribution >= 4 is 27.3 Å². The van der Waals surface area contributed by atoms with Crippen LogP contribution in [-0.2, 0) is 27.9 Å². The molecule has 3 aromatic rings. The summed E-state index contributed by atoms with van der Waals surface area (Å²) < 4.78 is 28.9. The third kappa shape index (κ3) is 6.56. The number of aryl methyl sites for hydroxylation is 3. The topological polar surface area (TPSA) is 57.7 Å².